The van der Waals surface area contributed by atoms with Crippen LogP contribution in [0.1, 0.15) is 87.5 Å². The van der Waals surface area contributed by atoms with Crippen LogP contribution in [-0.4, -0.2) is 48.5 Å². The smallest absolute Gasteiger partial charge is 0.352 e. The number of aliphatic imine (C=N–C) groups is 1. The number of nitrogens with zero attached hydrogens (tertiary/aromatic N) is 2. The lowest BCUT2D eigenvalue weighted by Gasteiger charge is -2.25. The highest BCUT2D eigenvalue weighted by molar-refractivity contribution is 6.35. The summed E-state index contributed by atoms with van der Waals surface area (Å²) in [6.07, 6.45) is 9.33. The second-order valence-electron chi connectivity index (χ2n) is 8.07. The van der Waals surface area contributed by atoms with Crippen molar-refractivity contribution >= 4 is 11.7 Å². The SMILES string of the molecule is CCCN(/C=C(\CC)N=C(C)C(=O)OCC)CCC=C(C)COC(C)(C)CCC. The molecule has 0 amide bonds. The Morgan fingerprint density at radius 2 is 1.76 bits per heavy atom. The summed E-state index contributed by atoms with van der Waals surface area (Å²) in [5, 5.41) is 0. The fourth-order valence-corrected chi connectivity index (χ4v) is 2.95. The average molecular weight is 409 g/mol. The van der Waals surface area contributed by atoms with Crippen molar-refractivity contribution in [3.05, 3.63) is 23.5 Å². The molecule has 0 aromatic rings. The third kappa shape index (κ3) is 13.3. The molecule has 0 aliphatic heterocycles. The molecule has 5 nitrogen and oxygen atoms in total. The molecular formula is C24H44N2O3. The molecule has 0 saturated heterocycles. The highest BCUT2D eigenvalue weighted by atomic mass is 16.5. The minimum Gasteiger partial charge on any atom is -0.462 e. The Labute approximate surface area is 179 Å². The number of hydrogen-bond donors (Lipinski definition) is 0. The fourth-order valence-electron chi connectivity index (χ4n) is 2.95. The third-order valence-electron chi connectivity index (χ3n) is 4.54. The first kappa shape index (κ1) is 27.4. The summed E-state index contributed by atoms with van der Waals surface area (Å²) in [4.78, 5) is 18.6. The van der Waals surface area contributed by atoms with Gasteiger partial charge in [-0.3, -0.25) is 0 Å². The van der Waals surface area contributed by atoms with Crippen LogP contribution in [0.15, 0.2) is 28.5 Å². The molecule has 5 heteroatoms. The molecule has 0 aliphatic rings. The molecule has 0 bridgehead atoms. The largest absolute Gasteiger partial charge is 0.462 e. The van der Waals surface area contributed by atoms with Crippen LogP contribution in [0.4, 0.5) is 0 Å². The number of allylic oxidation sites excluding steroid dienone is 1. The quantitative estimate of drug-likeness (QED) is 0.192. The average Bonchev–Trinajstić information content (AvgIpc) is 2.66. The molecule has 0 aromatic carbocycles. The Kier molecular flexibility index (Phi) is 14.4. The van der Waals surface area contributed by atoms with Crippen LogP contribution in [-0.2, 0) is 14.3 Å². The van der Waals surface area contributed by atoms with Crippen LogP contribution in [0.5, 0.6) is 0 Å². The molecule has 0 spiro atoms. The third-order valence-corrected chi connectivity index (χ3v) is 4.54. The number of rotatable bonds is 15. The highest BCUT2D eigenvalue weighted by Gasteiger charge is 2.16. The minimum absolute atomic E-state index is 0.0638. The maximum Gasteiger partial charge on any atom is 0.352 e. The van der Waals surface area contributed by atoms with Gasteiger partial charge in [0.05, 0.1) is 24.5 Å². The van der Waals surface area contributed by atoms with Crippen molar-refractivity contribution < 1.29 is 14.3 Å². The second kappa shape index (κ2) is 15.3. The number of hydrogen-bond acceptors (Lipinski definition) is 5. The minimum atomic E-state index is -0.349. The van der Waals surface area contributed by atoms with Crippen molar-refractivity contribution in [3.8, 4) is 0 Å². The molecule has 0 unspecified atom stereocenters. The van der Waals surface area contributed by atoms with Crippen molar-refractivity contribution in [2.75, 3.05) is 26.3 Å². The van der Waals surface area contributed by atoms with E-state index in [0.29, 0.717) is 18.9 Å². The Morgan fingerprint density at radius 1 is 1.07 bits per heavy atom. The standard InChI is InChI=1S/C24H44N2O3/c1-9-15-24(7,8)29-19-20(5)14-13-17-26(16-10-2)18-22(11-3)25-21(6)23(27)28-12-4/h14,18H,9-13,15-17,19H2,1-8H3/b20-14?,22-18+,25-21?. The predicted octanol–water partition coefficient (Wildman–Crippen LogP) is 5.91. The van der Waals surface area contributed by atoms with Gasteiger partial charge in [-0.1, -0.05) is 38.8 Å². The van der Waals surface area contributed by atoms with Gasteiger partial charge in [0.15, 0.2) is 0 Å². The van der Waals surface area contributed by atoms with Crippen LogP contribution >= 0.6 is 0 Å². The highest BCUT2D eigenvalue weighted by Crippen LogP contribution is 2.17. The van der Waals surface area contributed by atoms with Gasteiger partial charge in [-0.25, -0.2) is 9.79 Å². The summed E-state index contributed by atoms with van der Waals surface area (Å²) in [7, 11) is 0. The monoisotopic (exact) mass is 408 g/mol. The van der Waals surface area contributed by atoms with Gasteiger partial charge < -0.3 is 14.4 Å². The second-order valence-corrected chi connectivity index (χ2v) is 8.07. The van der Waals surface area contributed by atoms with Crippen molar-refractivity contribution in [3.63, 3.8) is 0 Å². The van der Waals surface area contributed by atoms with Crippen molar-refractivity contribution in [1.82, 2.24) is 4.90 Å². The van der Waals surface area contributed by atoms with E-state index < -0.39 is 0 Å². The molecule has 0 rings (SSSR count). The van der Waals surface area contributed by atoms with E-state index in [-0.39, 0.29) is 11.6 Å². The summed E-state index contributed by atoms with van der Waals surface area (Å²) in [5.41, 5.74) is 2.50. The fraction of sp³-hybridized carbons (Fsp3) is 0.750. The summed E-state index contributed by atoms with van der Waals surface area (Å²) < 4.78 is 11.1. The van der Waals surface area contributed by atoms with Gasteiger partial charge in [-0.05, 0) is 60.3 Å². The summed E-state index contributed by atoms with van der Waals surface area (Å²) >= 11 is 0. The van der Waals surface area contributed by atoms with E-state index in [2.05, 4.69) is 63.7 Å². The summed E-state index contributed by atoms with van der Waals surface area (Å²) in [6, 6.07) is 0. The zero-order valence-corrected chi connectivity index (χ0v) is 20.1. The number of esters is 1. The number of ether oxygens (including phenoxy) is 2. The Bertz CT molecular complexity index is 562. The van der Waals surface area contributed by atoms with Gasteiger partial charge in [0.1, 0.15) is 5.71 Å². The van der Waals surface area contributed by atoms with Gasteiger partial charge in [-0.15, -0.1) is 0 Å². The van der Waals surface area contributed by atoms with Crippen molar-refractivity contribution in [1.29, 1.82) is 0 Å². The van der Waals surface area contributed by atoms with Crippen LogP contribution in [0.25, 0.3) is 0 Å². The van der Waals surface area contributed by atoms with Gasteiger partial charge in [0, 0.05) is 19.3 Å². The molecule has 0 saturated carbocycles. The Morgan fingerprint density at radius 3 is 2.31 bits per heavy atom. The van der Waals surface area contributed by atoms with E-state index in [9.17, 15) is 4.79 Å². The molecule has 0 heterocycles. The van der Waals surface area contributed by atoms with E-state index in [0.717, 1.165) is 50.9 Å². The Balaban J connectivity index is 4.89. The lowest BCUT2D eigenvalue weighted by molar-refractivity contribution is -0.135. The lowest BCUT2D eigenvalue weighted by Crippen LogP contribution is -2.25. The van der Waals surface area contributed by atoms with E-state index in [1.165, 1.54) is 5.57 Å². The van der Waals surface area contributed by atoms with Gasteiger partial charge in [0.25, 0.3) is 0 Å². The normalized spacial score (nSPS) is 13.6. The van der Waals surface area contributed by atoms with Crippen LogP contribution in [0.2, 0.25) is 0 Å². The van der Waals surface area contributed by atoms with E-state index >= 15 is 0 Å². The molecule has 0 fully saturated rings. The first-order valence-corrected chi connectivity index (χ1v) is 11.2. The van der Waals surface area contributed by atoms with Gasteiger partial charge in [-0.2, -0.15) is 0 Å². The predicted molar refractivity (Wildman–Crippen MR) is 123 cm³/mol. The van der Waals surface area contributed by atoms with Crippen molar-refractivity contribution in [2.45, 2.75) is 93.1 Å². The zero-order valence-electron chi connectivity index (χ0n) is 20.1. The first-order valence-electron chi connectivity index (χ1n) is 11.2. The topological polar surface area (TPSA) is 51.1 Å². The first-order chi connectivity index (χ1) is 13.7. The maximum absolute atomic E-state index is 11.8. The van der Waals surface area contributed by atoms with E-state index in [1.54, 1.807) is 13.8 Å². The number of carbonyl (C=O) groups excluding carboxylic acids is 1. The molecule has 0 aliphatic carbocycles. The Hall–Kier alpha value is -1.62. The summed E-state index contributed by atoms with van der Waals surface area (Å²) in [5.74, 6) is -0.349. The van der Waals surface area contributed by atoms with Crippen LogP contribution in [0.3, 0.4) is 0 Å². The lowest BCUT2D eigenvalue weighted by atomic mass is 10.0. The van der Waals surface area contributed by atoms with E-state index in [1.807, 2.05) is 0 Å². The molecule has 0 aromatic heterocycles. The molecule has 29 heavy (non-hydrogen) atoms. The van der Waals surface area contributed by atoms with Crippen molar-refractivity contribution in [2.24, 2.45) is 4.99 Å². The molecule has 0 N–H and O–H groups in total. The van der Waals surface area contributed by atoms with Crippen LogP contribution < -0.4 is 0 Å². The molecule has 0 atom stereocenters. The van der Waals surface area contributed by atoms with E-state index in [4.69, 9.17) is 9.47 Å². The molecule has 168 valence electrons. The molecular weight excluding hydrogens is 364 g/mol. The maximum atomic E-state index is 11.8. The molecule has 0 radical (unpaired) electrons. The number of carbonyl (C=O) groups is 1. The van der Waals surface area contributed by atoms with Crippen LogP contribution in [0, 0.1) is 0 Å². The summed E-state index contributed by atoms with van der Waals surface area (Å²) in [6.45, 7) is 19.3. The zero-order chi connectivity index (χ0) is 22.3. The van der Waals surface area contributed by atoms with Gasteiger partial charge >= 0.3 is 5.97 Å². The van der Waals surface area contributed by atoms with Gasteiger partial charge in [0.2, 0.25) is 0 Å².